The van der Waals surface area contributed by atoms with Crippen LogP contribution in [0, 0.1) is 11.8 Å². The Kier molecular flexibility index (Phi) is 6.32. The van der Waals surface area contributed by atoms with Gasteiger partial charge in [0, 0.05) is 36.8 Å². The van der Waals surface area contributed by atoms with Gasteiger partial charge in [-0.15, -0.1) is 0 Å². The molecule has 0 saturated carbocycles. The second-order valence-electron chi connectivity index (χ2n) is 6.68. The van der Waals surface area contributed by atoms with Crippen molar-refractivity contribution in [1.82, 2.24) is 14.9 Å². The maximum absolute atomic E-state index is 11.8. The maximum Gasteiger partial charge on any atom is 0.253 e. The van der Waals surface area contributed by atoms with Crippen molar-refractivity contribution in [3.8, 4) is 23.3 Å². The summed E-state index contributed by atoms with van der Waals surface area (Å²) < 4.78 is 10.5. The Morgan fingerprint density at radius 1 is 1.23 bits per heavy atom. The van der Waals surface area contributed by atoms with Crippen molar-refractivity contribution in [2.75, 3.05) is 27.3 Å². The molecule has 8 heteroatoms. The number of aromatic nitrogens is 2. The molecular weight excluding hydrogens is 384 g/mol. The van der Waals surface area contributed by atoms with Crippen LogP contribution in [0.25, 0.3) is 0 Å². The van der Waals surface area contributed by atoms with E-state index < -0.39 is 5.91 Å². The molecule has 2 amide bonds. The van der Waals surface area contributed by atoms with Crippen molar-refractivity contribution < 1.29 is 19.1 Å². The van der Waals surface area contributed by atoms with E-state index in [0.717, 1.165) is 6.42 Å². The monoisotopic (exact) mass is 406 g/mol. The van der Waals surface area contributed by atoms with Gasteiger partial charge in [0.25, 0.3) is 5.91 Å². The molecule has 154 valence electrons. The molecule has 2 aromatic rings. The molecule has 1 aliphatic heterocycles. The van der Waals surface area contributed by atoms with E-state index in [1.807, 2.05) is 0 Å². The standard InChI is InChI=1S/C22H22N4O4/c1-4-20(27)26-8-7-15(13-26)22-24-12-18(21(23)28)19(25-22)6-5-14-9-16(29-2)11-17(10-14)30-3/h4,9-12,15H,1,7-8,13H2,2-3H3,(H2,23,28). The number of likely N-dealkylation sites (tertiary alicyclic amines) is 1. The highest BCUT2D eigenvalue weighted by Gasteiger charge is 2.28. The zero-order valence-electron chi connectivity index (χ0n) is 16.8. The zero-order chi connectivity index (χ0) is 21.7. The molecule has 30 heavy (non-hydrogen) atoms. The van der Waals surface area contributed by atoms with Gasteiger partial charge in [0.15, 0.2) is 0 Å². The van der Waals surface area contributed by atoms with Crippen LogP contribution in [-0.2, 0) is 4.79 Å². The van der Waals surface area contributed by atoms with Crippen LogP contribution in [0.1, 0.15) is 39.8 Å². The van der Waals surface area contributed by atoms with E-state index in [4.69, 9.17) is 15.2 Å². The third-order valence-corrected chi connectivity index (χ3v) is 4.79. The lowest BCUT2D eigenvalue weighted by Crippen LogP contribution is -2.26. The van der Waals surface area contributed by atoms with Crippen molar-refractivity contribution >= 4 is 11.8 Å². The SMILES string of the molecule is C=CC(=O)N1CCC(c2ncc(C(N)=O)c(C#Cc3cc(OC)cc(OC)c3)n2)C1. The van der Waals surface area contributed by atoms with Gasteiger partial charge in [-0.25, -0.2) is 9.97 Å². The number of nitrogens with two attached hydrogens (primary N) is 1. The van der Waals surface area contributed by atoms with Crippen LogP contribution in [0.3, 0.4) is 0 Å². The summed E-state index contributed by atoms with van der Waals surface area (Å²) in [4.78, 5) is 34.1. The maximum atomic E-state index is 11.8. The lowest BCUT2D eigenvalue weighted by atomic mass is 10.1. The van der Waals surface area contributed by atoms with Crippen LogP contribution in [0.4, 0.5) is 0 Å². The van der Waals surface area contributed by atoms with Crippen molar-refractivity contribution in [2.24, 2.45) is 5.73 Å². The highest BCUT2D eigenvalue weighted by atomic mass is 16.5. The summed E-state index contributed by atoms with van der Waals surface area (Å²) in [6.07, 6.45) is 3.40. The molecule has 1 aliphatic rings. The minimum atomic E-state index is -0.663. The third-order valence-electron chi connectivity index (χ3n) is 4.79. The second-order valence-corrected chi connectivity index (χ2v) is 6.68. The number of rotatable bonds is 5. The van der Waals surface area contributed by atoms with Gasteiger partial charge in [0.05, 0.1) is 19.8 Å². The Hall–Kier alpha value is -3.86. The second kappa shape index (κ2) is 9.09. The van der Waals surface area contributed by atoms with Crippen LogP contribution in [0.5, 0.6) is 11.5 Å². The Morgan fingerprint density at radius 3 is 2.53 bits per heavy atom. The summed E-state index contributed by atoms with van der Waals surface area (Å²) in [6, 6.07) is 5.23. The average molecular weight is 406 g/mol. The predicted octanol–water partition coefficient (Wildman–Crippen LogP) is 1.49. The van der Waals surface area contributed by atoms with Gasteiger partial charge >= 0.3 is 0 Å². The summed E-state index contributed by atoms with van der Waals surface area (Å²) >= 11 is 0. The number of primary amides is 1. The first kappa shape index (κ1) is 20.9. The predicted molar refractivity (Wildman–Crippen MR) is 110 cm³/mol. The van der Waals surface area contributed by atoms with Crippen molar-refractivity contribution in [2.45, 2.75) is 12.3 Å². The summed E-state index contributed by atoms with van der Waals surface area (Å²) in [5.41, 5.74) is 6.47. The van der Waals surface area contributed by atoms with Crippen LogP contribution < -0.4 is 15.2 Å². The summed E-state index contributed by atoms with van der Waals surface area (Å²) in [5, 5.41) is 0. The minimum absolute atomic E-state index is 0.0479. The van der Waals surface area contributed by atoms with Crippen LogP contribution in [0.2, 0.25) is 0 Å². The van der Waals surface area contributed by atoms with Gasteiger partial charge < -0.3 is 20.1 Å². The fourth-order valence-electron chi connectivity index (χ4n) is 3.18. The Bertz CT molecular complexity index is 1030. The number of ether oxygens (including phenoxy) is 2. The highest BCUT2D eigenvalue weighted by molar-refractivity contribution is 5.94. The van der Waals surface area contributed by atoms with E-state index in [0.29, 0.717) is 36.0 Å². The molecule has 0 aliphatic carbocycles. The molecule has 8 nitrogen and oxygen atoms in total. The first-order valence-electron chi connectivity index (χ1n) is 9.28. The summed E-state index contributed by atoms with van der Waals surface area (Å²) in [5.74, 6) is 6.75. The summed E-state index contributed by atoms with van der Waals surface area (Å²) in [7, 11) is 3.10. The Morgan fingerprint density at radius 2 is 1.93 bits per heavy atom. The van der Waals surface area contributed by atoms with E-state index in [9.17, 15) is 9.59 Å². The van der Waals surface area contributed by atoms with Crippen molar-refractivity contribution in [1.29, 1.82) is 0 Å². The van der Waals surface area contributed by atoms with Crippen LogP contribution >= 0.6 is 0 Å². The minimum Gasteiger partial charge on any atom is -0.497 e. The lowest BCUT2D eigenvalue weighted by molar-refractivity contribution is -0.125. The molecule has 0 spiro atoms. The molecule has 1 aromatic heterocycles. The fraction of sp³-hybridized carbons (Fsp3) is 0.273. The van der Waals surface area contributed by atoms with Crippen LogP contribution in [-0.4, -0.2) is 54.0 Å². The smallest absolute Gasteiger partial charge is 0.253 e. The van der Waals surface area contributed by atoms with Gasteiger partial charge in [-0.2, -0.15) is 0 Å². The third kappa shape index (κ3) is 4.58. The number of carbonyl (C=O) groups excluding carboxylic acids is 2. The van der Waals surface area contributed by atoms with E-state index in [1.165, 1.54) is 12.3 Å². The van der Waals surface area contributed by atoms with Gasteiger partial charge in [0.1, 0.15) is 23.0 Å². The highest BCUT2D eigenvalue weighted by Crippen LogP contribution is 2.25. The Labute approximate surface area is 174 Å². The average Bonchev–Trinajstić information content (AvgIpc) is 3.26. The molecule has 1 fully saturated rings. The molecule has 0 bridgehead atoms. The topological polar surface area (TPSA) is 108 Å². The number of carbonyl (C=O) groups is 2. The van der Waals surface area contributed by atoms with E-state index in [2.05, 4.69) is 28.4 Å². The molecule has 1 atom stereocenters. The van der Waals surface area contributed by atoms with Crippen molar-refractivity contribution in [3.63, 3.8) is 0 Å². The van der Waals surface area contributed by atoms with Gasteiger partial charge in [-0.1, -0.05) is 12.5 Å². The molecule has 2 N–H and O–H groups in total. The zero-order valence-corrected chi connectivity index (χ0v) is 16.8. The number of methoxy groups -OCH3 is 2. The van der Waals surface area contributed by atoms with Gasteiger partial charge in [0.2, 0.25) is 5.91 Å². The lowest BCUT2D eigenvalue weighted by Gasteiger charge is -2.13. The Balaban J connectivity index is 1.94. The van der Waals surface area contributed by atoms with E-state index >= 15 is 0 Å². The quantitative estimate of drug-likeness (QED) is 0.596. The molecule has 1 aromatic carbocycles. The fourth-order valence-corrected chi connectivity index (χ4v) is 3.18. The number of amides is 2. The van der Waals surface area contributed by atoms with Gasteiger partial charge in [-0.05, 0) is 30.6 Å². The van der Waals surface area contributed by atoms with Gasteiger partial charge in [-0.3, -0.25) is 9.59 Å². The summed E-state index contributed by atoms with van der Waals surface area (Å²) in [6.45, 7) is 4.60. The van der Waals surface area contributed by atoms with Crippen LogP contribution in [0.15, 0.2) is 37.1 Å². The molecule has 3 rings (SSSR count). The molecule has 1 saturated heterocycles. The first-order valence-corrected chi connectivity index (χ1v) is 9.28. The molecule has 0 radical (unpaired) electrons. The van der Waals surface area contributed by atoms with E-state index in [1.54, 1.807) is 37.3 Å². The van der Waals surface area contributed by atoms with E-state index in [-0.39, 0.29) is 23.1 Å². The molecular formula is C22H22N4O4. The first-order chi connectivity index (χ1) is 14.4. The number of benzene rings is 1. The largest absolute Gasteiger partial charge is 0.497 e. The molecule has 2 heterocycles. The normalized spacial score (nSPS) is 15.1. The number of nitrogens with zero attached hydrogens (tertiary/aromatic N) is 3. The number of hydrogen-bond donors (Lipinski definition) is 1. The number of hydrogen-bond acceptors (Lipinski definition) is 6. The molecule has 1 unspecified atom stereocenters. The van der Waals surface area contributed by atoms with Crippen molar-refractivity contribution in [3.05, 3.63) is 59.7 Å².